The molecule has 0 unspecified atom stereocenters. The van der Waals surface area contributed by atoms with Gasteiger partial charge in [-0.05, 0) is 56.2 Å². The molecule has 0 radical (unpaired) electrons. The lowest BCUT2D eigenvalue weighted by Crippen LogP contribution is -2.45. The van der Waals surface area contributed by atoms with Gasteiger partial charge >= 0.3 is 0 Å². The second kappa shape index (κ2) is 9.09. The lowest BCUT2D eigenvalue weighted by molar-refractivity contribution is -0.124. The van der Waals surface area contributed by atoms with E-state index in [1.54, 1.807) is 55.6 Å². The summed E-state index contributed by atoms with van der Waals surface area (Å²) in [6.07, 6.45) is 1.07. The van der Waals surface area contributed by atoms with Gasteiger partial charge in [0.25, 0.3) is 0 Å². The first-order chi connectivity index (χ1) is 15.4. The van der Waals surface area contributed by atoms with E-state index in [9.17, 15) is 13.2 Å². The Morgan fingerprint density at radius 1 is 1.19 bits per heavy atom. The van der Waals surface area contributed by atoms with Crippen molar-refractivity contribution in [1.82, 2.24) is 19.8 Å². The van der Waals surface area contributed by atoms with E-state index in [0.717, 1.165) is 11.1 Å². The Balaban J connectivity index is 1.41. The van der Waals surface area contributed by atoms with Crippen LogP contribution in [-0.2, 0) is 21.4 Å². The zero-order valence-electron chi connectivity index (χ0n) is 17.8. The van der Waals surface area contributed by atoms with Gasteiger partial charge in [0.2, 0.25) is 27.6 Å². The maximum atomic E-state index is 13.0. The zero-order chi connectivity index (χ0) is 22.7. The molecule has 1 aromatic heterocycles. The first-order valence-electron chi connectivity index (χ1n) is 10.2. The molecule has 168 valence electrons. The largest absolute Gasteiger partial charge is 0.497 e. The van der Waals surface area contributed by atoms with Crippen LogP contribution < -0.4 is 10.1 Å². The maximum absolute atomic E-state index is 13.0. The van der Waals surface area contributed by atoms with Gasteiger partial charge in [0.1, 0.15) is 11.8 Å². The Bertz CT molecular complexity index is 1190. The summed E-state index contributed by atoms with van der Waals surface area (Å²) < 4.78 is 37.7. The maximum Gasteiger partial charge on any atom is 0.246 e. The number of sulfonamides is 1. The molecule has 2 heterocycles. The van der Waals surface area contributed by atoms with Crippen LogP contribution in [0.15, 0.2) is 57.9 Å². The molecule has 3 aromatic rings. The highest BCUT2D eigenvalue weighted by atomic mass is 32.2. The van der Waals surface area contributed by atoms with Crippen LogP contribution in [0.5, 0.6) is 5.75 Å². The van der Waals surface area contributed by atoms with Gasteiger partial charge in [-0.3, -0.25) is 4.79 Å². The number of methoxy groups -OCH3 is 1. The number of nitrogens with one attached hydrogen (secondary N) is 1. The highest BCUT2D eigenvalue weighted by molar-refractivity contribution is 7.89. The number of aromatic nitrogens is 2. The van der Waals surface area contributed by atoms with Crippen LogP contribution in [0.4, 0.5) is 0 Å². The summed E-state index contributed by atoms with van der Waals surface area (Å²) in [5.74, 6) is 0.949. The van der Waals surface area contributed by atoms with Crippen LogP contribution in [-0.4, -0.2) is 48.5 Å². The van der Waals surface area contributed by atoms with Crippen LogP contribution in [0.1, 0.15) is 24.3 Å². The number of rotatable bonds is 7. The molecule has 1 fully saturated rings. The van der Waals surface area contributed by atoms with Crippen molar-refractivity contribution in [2.75, 3.05) is 13.7 Å². The highest BCUT2D eigenvalue weighted by Crippen LogP contribution is 2.26. The third-order valence-electron chi connectivity index (χ3n) is 5.36. The summed E-state index contributed by atoms with van der Waals surface area (Å²) in [7, 11) is -2.17. The van der Waals surface area contributed by atoms with E-state index in [4.69, 9.17) is 9.26 Å². The topological polar surface area (TPSA) is 115 Å². The van der Waals surface area contributed by atoms with Crippen LogP contribution >= 0.6 is 0 Å². The molecule has 0 saturated carbocycles. The summed E-state index contributed by atoms with van der Waals surface area (Å²) in [5, 5.41) is 6.66. The average Bonchev–Trinajstić information content (AvgIpc) is 3.48. The monoisotopic (exact) mass is 456 g/mol. The van der Waals surface area contributed by atoms with E-state index < -0.39 is 16.1 Å². The molecule has 0 bridgehead atoms. The Kier molecular flexibility index (Phi) is 6.24. The smallest absolute Gasteiger partial charge is 0.246 e. The molecule has 1 atom stereocenters. The summed E-state index contributed by atoms with van der Waals surface area (Å²) in [5.41, 5.74) is 1.71. The number of amides is 1. The Morgan fingerprint density at radius 3 is 2.59 bits per heavy atom. The van der Waals surface area contributed by atoms with Crippen LogP contribution in [0, 0.1) is 6.92 Å². The molecule has 4 rings (SSSR count). The fourth-order valence-corrected chi connectivity index (χ4v) is 5.26. The minimum Gasteiger partial charge on any atom is -0.497 e. The number of benzene rings is 2. The molecule has 1 amide bonds. The molecular formula is C22H24N4O5S. The van der Waals surface area contributed by atoms with E-state index in [2.05, 4.69) is 15.5 Å². The molecule has 1 aliphatic heterocycles. The number of carbonyl (C=O) groups is 1. The van der Waals surface area contributed by atoms with Gasteiger partial charge in [0.15, 0.2) is 0 Å². The van der Waals surface area contributed by atoms with Crippen LogP contribution in [0.2, 0.25) is 0 Å². The normalized spacial score (nSPS) is 16.8. The Morgan fingerprint density at radius 2 is 1.91 bits per heavy atom. The highest BCUT2D eigenvalue weighted by Gasteiger charge is 2.39. The quantitative estimate of drug-likeness (QED) is 0.581. The second-order valence-corrected chi connectivity index (χ2v) is 9.44. The molecule has 2 aromatic carbocycles. The lowest BCUT2D eigenvalue weighted by Gasteiger charge is -2.23. The molecular weight excluding hydrogens is 432 g/mol. The standard InChI is InChI=1S/C22H24N4O5S/c1-15-5-11-18(12-6-15)32(28,29)26-13-3-4-19(26)22(27)23-14-20-24-21(25-31-20)16-7-9-17(30-2)10-8-16/h5-12,19H,3-4,13-14H2,1-2H3,(H,23,27)/t19-/m0/s1. The van der Waals surface area contributed by atoms with Crippen molar-refractivity contribution in [3.8, 4) is 17.1 Å². The number of ether oxygens (including phenoxy) is 1. The lowest BCUT2D eigenvalue weighted by atomic mass is 10.2. The van der Waals surface area contributed by atoms with Gasteiger partial charge in [-0.2, -0.15) is 9.29 Å². The fourth-order valence-electron chi connectivity index (χ4n) is 3.60. The Hall–Kier alpha value is -3.24. The van der Waals surface area contributed by atoms with Crippen molar-refractivity contribution in [3.63, 3.8) is 0 Å². The van der Waals surface area contributed by atoms with E-state index in [-0.39, 0.29) is 23.2 Å². The van der Waals surface area contributed by atoms with Crippen molar-refractivity contribution in [3.05, 3.63) is 60.0 Å². The van der Waals surface area contributed by atoms with E-state index in [1.807, 2.05) is 6.92 Å². The predicted molar refractivity (Wildman–Crippen MR) is 116 cm³/mol. The summed E-state index contributed by atoms with van der Waals surface area (Å²) in [4.78, 5) is 17.3. The molecule has 32 heavy (non-hydrogen) atoms. The van der Waals surface area contributed by atoms with E-state index >= 15 is 0 Å². The third-order valence-corrected chi connectivity index (χ3v) is 7.29. The third kappa shape index (κ3) is 4.51. The van der Waals surface area contributed by atoms with Gasteiger partial charge in [-0.1, -0.05) is 22.9 Å². The summed E-state index contributed by atoms with van der Waals surface area (Å²) in [6, 6.07) is 13.0. The molecule has 1 saturated heterocycles. The molecule has 0 spiro atoms. The average molecular weight is 457 g/mol. The van der Waals surface area contributed by atoms with Gasteiger partial charge in [-0.15, -0.1) is 0 Å². The first-order valence-corrected chi connectivity index (χ1v) is 11.7. The number of aryl methyl sites for hydroxylation is 1. The number of hydrogen-bond acceptors (Lipinski definition) is 7. The van der Waals surface area contributed by atoms with Gasteiger partial charge < -0.3 is 14.6 Å². The summed E-state index contributed by atoms with van der Waals surface area (Å²) >= 11 is 0. The van der Waals surface area contributed by atoms with Crippen molar-refractivity contribution < 1.29 is 22.5 Å². The van der Waals surface area contributed by atoms with Gasteiger partial charge in [0, 0.05) is 12.1 Å². The second-order valence-electron chi connectivity index (χ2n) is 7.54. The number of nitrogens with zero attached hydrogens (tertiary/aromatic N) is 3. The van der Waals surface area contributed by atoms with Gasteiger partial charge in [-0.25, -0.2) is 8.42 Å². The molecule has 10 heteroatoms. The zero-order valence-corrected chi connectivity index (χ0v) is 18.6. The minimum atomic E-state index is -3.76. The minimum absolute atomic E-state index is 0.0108. The van der Waals surface area contributed by atoms with Crippen molar-refractivity contribution in [2.24, 2.45) is 0 Å². The van der Waals surface area contributed by atoms with E-state index in [0.29, 0.717) is 31.0 Å². The Labute approximate surface area is 186 Å². The fraction of sp³-hybridized carbons (Fsp3) is 0.318. The predicted octanol–water partition coefficient (Wildman–Crippen LogP) is 2.52. The van der Waals surface area contributed by atoms with Crippen molar-refractivity contribution in [1.29, 1.82) is 0 Å². The van der Waals surface area contributed by atoms with Gasteiger partial charge in [0.05, 0.1) is 18.6 Å². The molecule has 1 aliphatic rings. The van der Waals surface area contributed by atoms with Crippen molar-refractivity contribution >= 4 is 15.9 Å². The first kappa shape index (κ1) is 22.0. The van der Waals surface area contributed by atoms with Crippen molar-refractivity contribution in [2.45, 2.75) is 37.2 Å². The van der Waals surface area contributed by atoms with E-state index in [1.165, 1.54) is 4.31 Å². The molecule has 9 nitrogen and oxygen atoms in total. The molecule has 1 N–H and O–H groups in total. The SMILES string of the molecule is COc1ccc(-c2noc(CNC(=O)[C@@H]3CCCN3S(=O)(=O)c3ccc(C)cc3)n2)cc1. The number of hydrogen-bond donors (Lipinski definition) is 1. The van der Waals surface area contributed by atoms with Crippen LogP contribution in [0.25, 0.3) is 11.4 Å². The number of carbonyl (C=O) groups excluding carboxylic acids is 1. The molecule has 0 aliphatic carbocycles. The van der Waals surface area contributed by atoms with Crippen LogP contribution in [0.3, 0.4) is 0 Å². The summed E-state index contributed by atoms with van der Waals surface area (Å²) in [6.45, 7) is 2.20.